The molecule has 0 radical (unpaired) electrons. The van der Waals surface area contributed by atoms with Gasteiger partial charge in [-0.25, -0.2) is 4.79 Å². The van der Waals surface area contributed by atoms with E-state index in [0.717, 1.165) is 16.7 Å². The van der Waals surface area contributed by atoms with Crippen LogP contribution in [0.5, 0.6) is 0 Å². The molecular formula is C24H25NO4. The van der Waals surface area contributed by atoms with Crippen molar-refractivity contribution in [2.75, 3.05) is 7.11 Å². The fraction of sp³-hybridized carbons (Fsp3) is 0.375. The number of likely N-dealkylation sites (tertiary alicyclic amines) is 1. The van der Waals surface area contributed by atoms with E-state index in [2.05, 4.69) is 20.8 Å². The van der Waals surface area contributed by atoms with Gasteiger partial charge in [0.15, 0.2) is 5.78 Å². The summed E-state index contributed by atoms with van der Waals surface area (Å²) >= 11 is 0. The van der Waals surface area contributed by atoms with Gasteiger partial charge in [-0.15, -0.1) is 0 Å². The Morgan fingerprint density at radius 2 is 1.72 bits per heavy atom. The number of hydrogen-bond donors (Lipinski definition) is 0. The highest BCUT2D eigenvalue weighted by molar-refractivity contribution is 6.13. The van der Waals surface area contributed by atoms with Crippen LogP contribution < -0.4 is 0 Å². The van der Waals surface area contributed by atoms with Crippen molar-refractivity contribution in [3.8, 4) is 0 Å². The molecule has 0 bridgehead atoms. The summed E-state index contributed by atoms with van der Waals surface area (Å²) in [4.78, 5) is 40.2. The summed E-state index contributed by atoms with van der Waals surface area (Å²) in [5, 5.41) is 0. The first kappa shape index (κ1) is 19.4. The zero-order valence-corrected chi connectivity index (χ0v) is 17.2. The van der Waals surface area contributed by atoms with Crippen LogP contribution in [0.3, 0.4) is 0 Å². The van der Waals surface area contributed by atoms with E-state index in [4.69, 9.17) is 4.74 Å². The zero-order chi connectivity index (χ0) is 20.9. The van der Waals surface area contributed by atoms with Gasteiger partial charge in [0.25, 0.3) is 0 Å². The summed E-state index contributed by atoms with van der Waals surface area (Å²) in [6.45, 7) is 6.34. The number of nitrogens with zero attached hydrogens (tertiary/aromatic N) is 1. The molecule has 0 spiro atoms. The summed E-state index contributed by atoms with van der Waals surface area (Å²) in [5.41, 5.74) is 3.68. The minimum absolute atomic E-state index is 0.0476. The van der Waals surface area contributed by atoms with Gasteiger partial charge >= 0.3 is 5.97 Å². The topological polar surface area (TPSA) is 63.7 Å². The van der Waals surface area contributed by atoms with E-state index in [1.54, 1.807) is 11.0 Å². The molecule has 5 nitrogen and oxygen atoms in total. The molecule has 0 aromatic heterocycles. The highest BCUT2D eigenvalue weighted by Gasteiger charge is 2.45. The van der Waals surface area contributed by atoms with E-state index >= 15 is 0 Å². The molecule has 1 saturated heterocycles. The maximum Gasteiger partial charge on any atom is 0.328 e. The number of benzene rings is 2. The lowest BCUT2D eigenvalue weighted by Gasteiger charge is -2.37. The number of methoxy groups -OCH3 is 1. The molecule has 2 aliphatic rings. The Balaban J connectivity index is 1.96. The molecule has 0 N–H and O–H groups in total. The monoisotopic (exact) mass is 391 g/mol. The molecule has 1 amide bonds. The number of fused-ring (bicyclic) bond motifs is 2. The third kappa shape index (κ3) is 3.05. The second-order valence-electron chi connectivity index (χ2n) is 8.75. The molecule has 150 valence electrons. The second-order valence-corrected chi connectivity index (χ2v) is 8.75. The predicted molar refractivity (Wildman–Crippen MR) is 109 cm³/mol. The Hall–Kier alpha value is -2.95. The van der Waals surface area contributed by atoms with Crippen LogP contribution >= 0.6 is 0 Å². The molecule has 1 heterocycles. The molecule has 1 aliphatic heterocycles. The van der Waals surface area contributed by atoms with E-state index in [1.807, 2.05) is 36.4 Å². The highest BCUT2D eigenvalue weighted by atomic mass is 16.5. The number of amides is 1. The minimum atomic E-state index is -0.648. The zero-order valence-electron chi connectivity index (χ0n) is 17.2. The van der Waals surface area contributed by atoms with Crippen LogP contribution in [-0.4, -0.2) is 35.7 Å². The molecule has 2 aromatic carbocycles. The van der Waals surface area contributed by atoms with Gasteiger partial charge in [0.1, 0.15) is 6.04 Å². The van der Waals surface area contributed by atoms with Crippen LogP contribution in [-0.2, 0) is 19.7 Å². The molecule has 5 heteroatoms. The van der Waals surface area contributed by atoms with Crippen LogP contribution in [0.2, 0.25) is 0 Å². The predicted octanol–water partition coefficient (Wildman–Crippen LogP) is 3.78. The fourth-order valence-corrected chi connectivity index (χ4v) is 4.41. The number of carbonyl (C=O) groups excluding carboxylic acids is 3. The average molecular weight is 391 g/mol. The number of hydrogen-bond acceptors (Lipinski definition) is 4. The lowest BCUT2D eigenvalue weighted by atomic mass is 9.77. The number of carbonyl (C=O) groups is 3. The number of esters is 1. The minimum Gasteiger partial charge on any atom is -0.467 e. The quantitative estimate of drug-likeness (QED) is 0.731. The van der Waals surface area contributed by atoms with Crippen LogP contribution in [0.4, 0.5) is 0 Å². The Kier molecular flexibility index (Phi) is 4.56. The van der Waals surface area contributed by atoms with Gasteiger partial charge in [0.05, 0.1) is 13.2 Å². The van der Waals surface area contributed by atoms with Crippen molar-refractivity contribution in [2.45, 2.75) is 51.1 Å². The SMILES string of the molecule is COC(=O)C1CCC(=O)N1C1c2ccccc2C(=O)c2ccc(C(C)(C)C)cc21. The number of rotatable bonds is 2. The smallest absolute Gasteiger partial charge is 0.328 e. The first-order valence-electron chi connectivity index (χ1n) is 9.91. The molecule has 2 aromatic rings. The molecule has 2 unspecified atom stereocenters. The average Bonchev–Trinajstić information content (AvgIpc) is 3.08. The molecule has 0 saturated carbocycles. The van der Waals surface area contributed by atoms with Crippen molar-refractivity contribution in [3.05, 3.63) is 70.3 Å². The van der Waals surface area contributed by atoms with Crippen molar-refractivity contribution in [1.29, 1.82) is 0 Å². The summed E-state index contributed by atoms with van der Waals surface area (Å²) in [6.07, 6.45) is 0.715. The Labute approximate surface area is 170 Å². The normalized spacial score (nSPS) is 21.0. The lowest BCUT2D eigenvalue weighted by Crippen LogP contribution is -2.44. The van der Waals surface area contributed by atoms with Crippen LogP contribution in [0.25, 0.3) is 0 Å². The van der Waals surface area contributed by atoms with Crippen molar-refractivity contribution in [1.82, 2.24) is 4.90 Å². The van der Waals surface area contributed by atoms with Gasteiger partial charge in [-0.05, 0) is 28.5 Å². The summed E-state index contributed by atoms with van der Waals surface area (Å²) < 4.78 is 4.98. The highest BCUT2D eigenvalue weighted by Crippen LogP contribution is 2.43. The first-order chi connectivity index (χ1) is 13.7. The fourth-order valence-electron chi connectivity index (χ4n) is 4.41. The summed E-state index contributed by atoms with van der Waals surface area (Å²) in [6, 6.07) is 12.1. The van der Waals surface area contributed by atoms with Gasteiger partial charge in [0.2, 0.25) is 5.91 Å². The van der Waals surface area contributed by atoms with Crippen LogP contribution in [0, 0.1) is 0 Å². The second kappa shape index (κ2) is 6.83. The third-order valence-electron chi connectivity index (χ3n) is 5.96. The Bertz CT molecular complexity index is 1020. The third-order valence-corrected chi connectivity index (χ3v) is 5.96. The molecule has 4 rings (SSSR count). The maximum absolute atomic E-state index is 13.2. The number of ketones is 1. The first-order valence-corrected chi connectivity index (χ1v) is 9.91. The molecule has 2 atom stereocenters. The Morgan fingerprint density at radius 1 is 1.03 bits per heavy atom. The molecular weight excluding hydrogens is 366 g/mol. The van der Waals surface area contributed by atoms with E-state index in [9.17, 15) is 14.4 Å². The van der Waals surface area contributed by atoms with Crippen LogP contribution in [0.15, 0.2) is 42.5 Å². The van der Waals surface area contributed by atoms with Gasteiger partial charge in [-0.3, -0.25) is 9.59 Å². The van der Waals surface area contributed by atoms with Crippen molar-refractivity contribution in [2.24, 2.45) is 0 Å². The summed E-state index contributed by atoms with van der Waals surface area (Å²) in [5.74, 6) is -0.561. The largest absolute Gasteiger partial charge is 0.467 e. The van der Waals surface area contributed by atoms with Crippen LogP contribution in [0.1, 0.15) is 72.3 Å². The molecule has 1 aliphatic carbocycles. The lowest BCUT2D eigenvalue weighted by molar-refractivity contribution is -0.150. The summed E-state index contributed by atoms with van der Waals surface area (Å²) in [7, 11) is 1.34. The van der Waals surface area contributed by atoms with Crippen molar-refractivity contribution < 1.29 is 19.1 Å². The van der Waals surface area contributed by atoms with Crippen molar-refractivity contribution >= 4 is 17.7 Å². The van der Waals surface area contributed by atoms with Gasteiger partial charge in [-0.1, -0.05) is 63.2 Å². The van der Waals surface area contributed by atoms with E-state index in [1.165, 1.54) is 7.11 Å². The van der Waals surface area contributed by atoms with E-state index < -0.39 is 18.1 Å². The molecule has 1 fully saturated rings. The van der Waals surface area contributed by atoms with E-state index in [-0.39, 0.29) is 17.1 Å². The standard InChI is InChI=1S/C24H25NO4/c1-24(2,3)14-9-10-17-18(13-14)21(15-7-5-6-8-16(15)22(17)27)25-19(23(28)29-4)11-12-20(25)26/h5-10,13,19,21H,11-12H2,1-4H3. The van der Waals surface area contributed by atoms with Gasteiger partial charge < -0.3 is 9.64 Å². The molecule has 29 heavy (non-hydrogen) atoms. The van der Waals surface area contributed by atoms with E-state index in [0.29, 0.717) is 24.0 Å². The van der Waals surface area contributed by atoms with Gasteiger partial charge in [-0.2, -0.15) is 0 Å². The number of ether oxygens (including phenoxy) is 1. The maximum atomic E-state index is 13.2. The van der Waals surface area contributed by atoms with Gasteiger partial charge in [0, 0.05) is 17.5 Å². The van der Waals surface area contributed by atoms with Crippen molar-refractivity contribution in [3.63, 3.8) is 0 Å². The Morgan fingerprint density at radius 3 is 2.41 bits per heavy atom.